The molecule has 0 aliphatic carbocycles. The molecule has 1 aliphatic heterocycles. The first-order valence-electron chi connectivity index (χ1n) is 5.96. The molecule has 1 saturated heterocycles. The highest BCUT2D eigenvalue weighted by Crippen LogP contribution is 2.30. The average molecular weight is 225 g/mol. The molecule has 0 bridgehead atoms. The van der Waals surface area contributed by atoms with E-state index < -0.39 is 5.67 Å². The molecule has 4 heteroatoms. The highest BCUT2D eigenvalue weighted by molar-refractivity contribution is 5.05. The predicted molar refractivity (Wildman–Crippen MR) is 62.0 cm³/mol. The van der Waals surface area contributed by atoms with Gasteiger partial charge in [0.2, 0.25) is 0 Å². The van der Waals surface area contributed by atoms with Crippen molar-refractivity contribution in [2.24, 2.45) is 13.0 Å². The summed E-state index contributed by atoms with van der Waals surface area (Å²) in [6.07, 6.45) is 4.34. The molecule has 90 valence electrons. The molecule has 1 aromatic heterocycles. The van der Waals surface area contributed by atoms with E-state index in [4.69, 9.17) is 0 Å². The van der Waals surface area contributed by atoms with Crippen LogP contribution in [0.3, 0.4) is 0 Å². The van der Waals surface area contributed by atoms with Crippen molar-refractivity contribution < 1.29 is 4.39 Å². The predicted octanol–water partition coefficient (Wildman–Crippen LogP) is 1.69. The van der Waals surface area contributed by atoms with Gasteiger partial charge < -0.3 is 5.32 Å². The number of nitrogens with zero attached hydrogens (tertiary/aromatic N) is 2. The van der Waals surface area contributed by atoms with Gasteiger partial charge in [0.25, 0.3) is 0 Å². The van der Waals surface area contributed by atoms with Gasteiger partial charge >= 0.3 is 0 Å². The molecule has 0 radical (unpaired) electrons. The minimum absolute atomic E-state index is 0.114. The molecule has 16 heavy (non-hydrogen) atoms. The van der Waals surface area contributed by atoms with Crippen LogP contribution >= 0.6 is 0 Å². The summed E-state index contributed by atoms with van der Waals surface area (Å²) in [6.45, 7) is 3.52. The lowest BCUT2D eigenvalue weighted by molar-refractivity contribution is 0.0822. The quantitative estimate of drug-likeness (QED) is 0.848. The molecule has 1 fully saturated rings. The van der Waals surface area contributed by atoms with Gasteiger partial charge in [0.15, 0.2) is 0 Å². The highest BCUT2D eigenvalue weighted by Gasteiger charge is 2.35. The Morgan fingerprint density at radius 1 is 1.69 bits per heavy atom. The summed E-state index contributed by atoms with van der Waals surface area (Å²) in [5, 5.41) is 7.51. The van der Waals surface area contributed by atoms with E-state index in [0.717, 1.165) is 31.6 Å². The molecule has 2 rings (SSSR count). The minimum atomic E-state index is -1.15. The van der Waals surface area contributed by atoms with Crippen LogP contribution in [-0.4, -0.2) is 28.5 Å². The maximum absolute atomic E-state index is 14.6. The maximum atomic E-state index is 14.6. The highest BCUT2D eigenvalue weighted by atomic mass is 19.1. The van der Waals surface area contributed by atoms with Crippen LogP contribution in [0.15, 0.2) is 12.3 Å². The molecule has 1 N–H and O–H groups in total. The monoisotopic (exact) mass is 225 g/mol. The van der Waals surface area contributed by atoms with Crippen molar-refractivity contribution in [3.8, 4) is 0 Å². The van der Waals surface area contributed by atoms with Crippen molar-refractivity contribution in [2.45, 2.75) is 31.9 Å². The standard InChI is InChI=1S/C12H20FN3/c1-12(13,10-4-3-6-14-9-10)8-11-5-7-16(2)15-11/h5,7,10,14H,3-4,6,8-9H2,1-2H3. The van der Waals surface area contributed by atoms with Gasteiger partial charge in [-0.3, -0.25) is 4.68 Å². The number of aryl methyl sites for hydroxylation is 1. The SMILES string of the molecule is Cn1ccc(CC(C)(F)C2CCCNC2)n1. The fraction of sp³-hybridized carbons (Fsp3) is 0.750. The van der Waals surface area contributed by atoms with E-state index in [1.165, 1.54) is 0 Å². The van der Waals surface area contributed by atoms with Crippen molar-refractivity contribution in [3.05, 3.63) is 18.0 Å². The molecule has 2 atom stereocenters. The van der Waals surface area contributed by atoms with Crippen LogP contribution in [0.4, 0.5) is 4.39 Å². The molecular weight excluding hydrogens is 205 g/mol. The fourth-order valence-corrected chi connectivity index (χ4v) is 2.42. The lowest BCUT2D eigenvalue weighted by Gasteiger charge is -2.33. The summed E-state index contributed by atoms with van der Waals surface area (Å²) in [5.41, 5.74) is -0.306. The van der Waals surface area contributed by atoms with Crippen LogP contribution in [0.1, 0.15) is 25.5 Å². The first kappa shape index (κ1) is 11.6. The number of hydrogen-bond donors (Lipinski definition) is 1. The van der Waals surface area contributed by atoms with Crippen LogP contribution in [0, 0.1) is 5.92 Å². The van der Waals surface area contributed by atoms with Crippen LogP contribution in [-0.2, 0) is 13.5 Å². The Morgan fingerprint density at radius 3 is 3.06 bits per heavy atom. The van der Waals surface area contributed by atoms with Crippen molar-refractivity contribution >= 4 is 0 Å². The molecule has 2 unspecified atom stereocenters. The third-order valence-corrected chi connectivity index (χ3v) is 3.44. The molecule has 1 aliphatic rings. The lowest BCUT2D eigenvalue weighted by Crippen LogP contribution is -2.42. The number of piperidine rings is 1. The molecule has 0 aromatic carbocycles. The third-order valence-electron chi connectivity index (χ3n) is 3.44. The van der Waals surface area contributed by atoms with Gasteiger partial charge in [0, 0.05) is 32.1 Å². The number of halogens is 1. The smallest absolute Gasteiger partial charge is 0.117 e. The zero-order chi connectivity index (χ0) is 11.6. The molecule has 1 aromatic rings. The fourth-order valence-electron chi connectivity index (χ4n) is 2.42. The van der Waals surface area contributed by atoms with Gasteiger partial charge in [-0.1, -0.05) is 0 Å². The zero-order valence-electron chi connectivity index (χ0n) is 10.0. The van der Waals surface area contributed by atoms with Gasteiger partial charge in [0.1, 0.15) is 5.67 Å². The average Bonchev–Trinajstić information content (AvgIpc) is 2.64. The van der Waals surface area contributed by atoms with E-state index in [0.29, 0.717) is 6.42 Å². The summed E-state index contributed by atoms with van der Waals surface area (Å²) in [6, 6.07) is 1.90. The number of aromatic nitrogens is 2. The Bertz CT molecular complexity index is 340. The van der Waals surface area contributed by atoms with Gasteiger partial charge in [-0.25, -0.2) is 4.39 Å². The van der Waals surface area contributed by atoms with Crippen LogP contribution in [0.2, 0.25) is 0 Å². The van der Waals surface area contributed by atoms with Crippen molar-refractivity contribution in [1.29, 1.82) is 0 Å². The Morgan fingerprint density at radius 2 is 2.50 bits per heavy atom. The Kier molecular flexibility index (Phi) is 3.28. The van der Waals surface area contributed by atoms with Gasteiger partial charge in [-0.05, 0) is 32.4 Å². The van der Waals surface area contributed by atoms with Crippen molar-refractivity contribution in [1.82, 2.24) is 15.1 Å². The summed E-state index contributed by atoms with van der Waals surface area (Å²) < 4.78 is 16.3. The largest absolute Gasteiger partial charge is 0.316 e. The molecule has 0 amide bonds. The number of rotatable bonds is 3. The van der Waals surface area contributed by atoms with Crippen molar-refractivity contribution in [3.63, 3.8) is 0 Å². The summed E-state index contributed by atoms with van der Waals surface area (Å²) >= 11 is 0. The first-order chi connectivity index (χ1) is 7.58. The summed E-state index contributed by atoms with van der Waals surface area (Å²) in [5.74, 6) is 0.114. The number of hydrogen-bond acceptors (Lipinski definition) is 2. The second kappa shape index (κ2) is 4.53. The number of nitrogens with one attached hydrogen (secondary N) is 1. The second-order valence-corrected chi connectivity index (χ2v) is 4.98. The summed E-state index contributed by atoms with van der Waals surface area (Å²) in [7, 11) is 1.86. The normalized spacial score (nSPS) is 25.3. The third kappa shape index (κ3) is 2.61. The van der Waals surface area contributed by atoms with E-state index in [1.807, 2.05) is 19.3 Å². The van der Waals surface area contributed by atoms with E-state index >= 15 is 0 Å². The van der Waals surface area contributed by atoms with E-state index in [9.17, 15) is 4.39 Å². The minimum Gasteiger partial charge on any atom is -0.316 e. The second-order valence-electron chi connectivity index (χ2n) is 4.98. The van der Waals surface area contributed by atoms with E-state index in [2.05, 4.69) is 10.4 Å². The molecular formula is C12H20FN3. The zero-order valence-corrected chi connectivity index (χ0v) is 10.0. The van der Waals surface area contributed by atoms with Crippen LogP contribution < -0.4 is 5.32 Å². The number of alkyl halides is 1. The Labute approximate surface area is 96.0 Å². The summed E-state index contributed by atoms with van der Waals surface area (Å²) in [4.78, 5) is 0. The molecule has 0 spiro atoms. The maximum Gasteiger partial charge on any atom is 0.117 e. The van der Waals surface area contributed by atoms with Crippen molar-refractivity contribution in [2.75, 3.05) is 13.1 Å². The molecule has 2 heterocycles. The molecule has 0 saturated carbocycles. The Balaban J connectivity index is 2.00. The van der Waals surface area contributed by atoms with Gasteiger partial charge in [-0.15, -0.1) is 0 Å². The van der Waals surface area contributed by atoms with Gasteiger partial charge in [0.05, 0.1) is 5.69 Å². The Hall–Kier alpha value is -0.900. The van der Waals surface area contributed by atoms with E-state index in [1.54, 1.807) is 11.6 Å². The van der Waals surface area contributed by atoms with Crippen LogP contribution in [0.25, 0.3) is 0 Å². The first-order valence-corrected chi connectivity index (χ1v) is 5.96. The van der Waals surface area contributed by atoms with Crippen LogP contribution in [0.5, 0.6) is 0 Å². The lowest BCUT2D eigenvalue weighted by atomic mass is 9.82. The van der Waals surface area contributed by atoms with Gasteiger partial charge in [-0.2, -0.15) is 5.10 Å². The van der Waals surface area contributed by atoms with E-state index in [-0.39, 0.29) is 5.92 Å². The topological polar surface area (TPSA) is 29.9 Å². The molecule has 3 nitrogen and oxygen atoms in total.